The Morgan fingerprint density at radius 1 is 0.857 bits per heavy atom. The van der Waals surface area contributed by atoms with E-state index in [1.54, 1.807) is 30.3 Å². The summed E-state index contributed by atoms with van der Waals surface area (Å²) < 4.78 is 0. The van der Waals surface area contributed by atoms with Crippen LogP contribution in [-0.2, 0) is 9.59 Å². The first-order valence-electron chi connectivity index (χ1n) is 5.98. The van der Waals surface area contributed by atoms with Gasteiger partial charge in [0.15, 0.2) is 0 Å². The third-order valence-electron chi connectivity index (χ3n) is 2.55. The molecule has 0 radical (unpaired) electrons. The molecular formula is C14H11N3O4. The molecule has 0 atom stereocenters. The maximum absolute atomic E-state index is 11.7. The van der Waals surface area contributed by atoms with E-state index >= 15 is 0 Å². The molecule has 0 spiro atoms. The van der Waals surface area contributed by atoms with Crippen molar-refractivity contribution in [2.24, 2.45) is 0 Å². The number of non-ortho nitro benzene ring substituents is 1. The highest BCUT2D eigenvalue weighted by Crippen LogP contribution is 2.17. The molecule has 0 saturated heterocycles. The van der Waals surface area contributed by atoms with E-state index in [4.69, 9.17) is 0 Å². The summed E-state index contributed by atoms with van der Waals surface area (Å²) in [6.07, 6.45) is 0. The average molecular weight is 285 g/mol. The van der Waals surface area contributed by atoms with Crippen molar-refractivity contribution in [3.05, 3.63) is 64.7 Å². The fourth-order valence-corrected chi connectivity index (χ4v) is 1.59. The Kier molecular flexibility index (Phi) is 4.25. The Morgan fingerprint density at radius 2 is 1.43 bits per heavy atom. The van der Waals surface area contributed by atoms with E-state index in [9.17, 15) is 19.7 Å². The van der Waals surface area contributed by atoms with Crippen molar-refractivity contribution < 1.29 is 14.5 Å². The Labute approximate surface area is 119 Å². The number of para-hydroxylation sites is 1. The van der Waals surface area contributed by atoms with Crippen LogP contribution in [0, 0.1) is 10.1 Å². The first-order chi connectivity index (χ1) is 10.1. The van der Waals surface area contributed by atoms with Gasteiger partial charge in [0.2, 0.25) is 0 Å². The normalized spacial score (nSPS) is 9.71. The third kappa shape index (κ3) is 3.87. The Balaban J connectivity index is 2.02. The largest absolute Gasteiger partial charge is 0.318 e. The summed E-state index contributed by atoms with van der Waals surface area (Å²) in [4.78, 5) is 33.4. The molecule has 2 amide bonds. The zero-order valence-electron chi connectivity index (χ0n) is 10.8. The number of nitro groups is 1. The molecule has 0 heterocycles. The van der Waals surface area contributed by atoms with Crippen LogP contribution < -0.4 is 10.6 Å². The first-order valence-corrected chi connectivity index (χ1v) is 5.98. The van der Waals surface area contributed by atoms with Gasteiger partial charge in [-0.1, -0.05) is 24.3 Å². The quantitative estimate of drug-likeness (QED) is 0.512. The molecule has 0 aliphatic rings. The predicted octanol–water partition coefficient (Wildman–Crippen LogP) is 2.17. The molecule has 0 aliphatic heterocycles. The van der Waals surface area contributed by atoms with Crippen molar-refractivity contribution in [1.29, 1.82) is 0 Å². The topological polar surface area (TPSA) is 101 Å². The summed E-state index contributed by atoms with van der Waals surface area (Å²) in [5.41, 5.74) is 0.491. The molecule has 7 nitrogen and oxygen atoms in total. The van der Waals surface area contributed by atoms with Crippen LogP contribution in [0.1, 0.15) is 0 Å². The van der Waals surface area contributed by atoms with E-state index < -0.39 is 16.7 Å². The third-order valence-corrected chi connectivity index (χ3v) is 2.55. The summed E-state index contributed by atoms with van der Waals surface area (Å²) in [5, 5.41) is 15.3. The number of nitrogens with one attached hydrogen (secondary N) is 2. The summed E-state index contributed by atoms with van der Waals surface area (Å²) in [6.45, 7) is 0. The number of carbonyl (C=O) groups is 2. The number of hydrogen-bond acceptors (Lipinski definition) is 4. The summed E-state index contributed by atoms with van der Waals surface area (Å²) in [7, 11) is 0. The van der Waals surface area contributed by atoms with Gasteiger partial charge in [0, 0.05) is 23.5 Å². The zero-order valence-corrected chi connectivity index (χ0v) is 10.8. The van der Waals surface area contributed by atoms with Crippen molar-refractivity contribution in [2.45, 2.75) is 0 Å². The zero-order chi connectivity index (χ0) is 15.2. The Hall–Kier alpha value is -3.22. The lowest BCUT2D eigenvalue weighted by atomic mass is 10.2. The molecule has 0 bridgehead atoms. The predicted molar refractivity (Wildman–Crippen MR) is 76.8 cm³/mol. The molecule has 0 unspecified atom stereocenters. The van der Waals surface area contributed by atoms with Gasteiger partial charge in [0.25, 0.3) is 5.69 Å². The minimum atomic E-state index is -0.903. The van der Waals surface area contributed by atoms with E-state index in [2.05, 4.69) is 10.6 Å². The van der Waals surface area contributed by atoms with Gasteiger partial charge in [-0.2, -0.15) is 0 Å². The highest BCUT2D eigenvalue weighted by Gasteiger charge is 2.15. The summed E-state index contributed by atoms with van der Waals surface area (Å²) in [5.74, 6) is -1.76. The van der Waals surface area contributed by atoms with Gasteiger partial charge in [-0.05, 0) is 18.2 Å². The van der Waals surface area contributed by atoms with E-state index in [1.807, 2.05) is 0 Å². The maximum Gasteiger partial charge on any atom is 0.314 e. The second-order valence-electron chi connectivity index (χ2n) is 4.08. The van der Waals surface area contributed by atoms with Gasteiger partial charge in [-0.3, -0.25) is 19.7 Å². The average Bonchev–Trinajstić information content (AvgIpc) is 2.48. The van der Waals surface area contributed by atoms with Crippen molar-refractivity contribution in [3.8, 4) is 0 Å². The molecular weight excluding hydrogens is 274 g/mol. The summed E-state index contributed by atoms with van der Waals surface area (Å²) >= 11 is 0. The highest BCUT2D eigenvalue weighted by atomic mass is 16.6. The number of hydrogen-bond donors (Lipinski definition) is 2. The molecule has 2 aromatic rings. The maximum atomic E-state index is 11.7. The lowest BCUT2D eigenvalue weighted by Gasteiger charge is -2.06. The van der Waals surface area contributed by atoms with Crippen molar-refractivity contribution in [3.63, 3.8) is 0 Å². The number of anilines is 2. The molecule has 0 saturated carbocycles. The number of nitrogens with zero attached hydrogens (tertiary/aromatic N) is 1. The smallest absolute Gasteiger partial charge is 0.314 e. The molecule has 7 heteroatoms. The van der Waals surface area contributed by atoms with Crippen molar-refractivity contribution >= 4 is 28.9 Å². The second kappa shape index (κ2) is 6.29. The molecule has 106 valence electrons. The van der Waals surface area contributed by atoms with Crippen LogP contribution in [-0.4, -0.2) is 16.7 Å². The van der Waals surface area contributed by atoms with Gasteiger partial charge >= 0.3 is 11.8 Å². The van der Waals surface area contributed by atoms with Crippen LogP contribution in [0.5, 0.6) is 0 Å². The van der Waals surface area contributed by atoms with Crippen LogP contribution in [0.15, 0.2) is 54.6 Å². The molecule has 0 aromatic heterocycles. The monoisotopic (exact) mass is 285 g/mol. The van der Waals surface area contributed by atoms with Gasteiger partial charge in [0.05, 0.1) is 4.92 Å². The van der Waals surface area contributed by atoms with E-state index in [0.717, 1.165) is 0 Å². The Bertz CT molecular complexity index is 686. The van der Waals surface area contributed by atoms with E-state index in [0.29, 0.717) is 5.69 Å². The SMILES string of the molecule is O=C(Nc1ccccc1)C(=O)Nc1cccc([N+](=O)[O-])c1. The summed E-state index contributed by atoms with van der Waals surface area (Å²) in [6, 6.07) is 13.8. The van der Waals surface area contributed by atoms with Crippen molar-refractivity contribution in [1.82, 2.24) is 0 Å². The van der Waals surface area contributed by atoms with E-state index in [1.165, 1.54) is 24.3 Å². The molecule has 2 aromatic carbocycles. The molecule has 21 heavy (non-hydrogen) atoms. The van der Waals surface area contributed by atoms with Crippen LogP contribution >= 0.6 is 0 Å². The standard InChI is InChI=1S/C14H11N3O4/c18-13(15-10-5-2-1-3-6-10)14(19)16-11-7-4-8-12(9-11)17(20)21/h1-9H,(H,15,18)(H,16,19). The molecule has 0 fully saturated rings. The molecule has 2 N–H and O–H groups in total. The van der Waals surface area contributed by atoms with Gasteiger partial charge in [-0.25, -0.2) is 0 Å². The number of carbonyl (C=O) groups excluding carboxylic acids is 2. The van der Waals surface area contributed by atoms with Crippen molar-refractivity contribution in [2.75, 3.05) is 10.6 Å². The van der Waals surface area contributed by atoms with Gasteiger partial charge in [-0.15, -0.1) is 0 Å². The van der Waals surface area contributed by atoms with Crippen LogP contribution in [0.25, 0.3) is 0 Å². The van der Waals surface area contributed by atoms with Crippen LogP contribution in [0.4, 0.5) is 17.1 Å². The lowest BCUT2D eigenvalue weighted by molar-refractivity contribution is -0.384. The highest BCUT2D eigenvalue weighted by molar-refractivity contribution is 6.43. The van der Waals surface area contributed by atoms with Gasteiger partial charge in [0.1, 0.15) is 0 Å². The fourth-order valence-electron chi connectivity index (χ4n) is 1.59. The number of benzene rings is 2. The Morgan fingerprint density at radius 3 is 2.05 bits per heavy atom. The minimum Gasteiger partial charge on any atom is -0.318 e. The second-order valence-corrected chi connectivity index (χ2v) is 4.08. The first kappa shape index (κ1) is 14.2. The van der Waals surface area contributed by atoms with E-state index in [-0.39, 0.29) is 11.4 Å². The van der Waals surface area contributed by atoms with Crippen LogP contribution in [0.2, 0.25) is 0 Å². The number of amides is 2. The molecule has 2 rings (SSSR count). The molecule has 0 aliphatic carbocycles. The lowest BCUT2D eigenvalue weighted by Crippen LogP contribution is -2.29. The number of nitro benzene ring substituents is 1. The number of rotatable bonds is 3. The minimum absolute atomic E-state index is 0.170. The van der Waals surface area contributed by atoms with Crippen LogP contribution in [0.3, 0.4) is 0 Å². The fraction of sp³-hybridized carbons (Fsp3) is 0. The van der Waals surface area contributed by atoms with Gasteiger partial charge < -0.3 is 10.6 Å².